The summed E-state index contributed by atoms with van der Waals surface area (Å²) in [4.78, 5) is 0. The van der Waals surface area contributed by atoms with Crippen molar-refractivity contribution >= 4 is 10.1 Å². The molecule has 0 N–H and O–H groups in total. The standard InChI is InChI=1S/Co.OSi.Pt/c;1-2;. The van der Waals surface area contributed by atoms with Crippen LogP contribution < -0.4 is 0 Å². The Labute approximate surface area is 52.5 Å². The van der Waals surface area contributed by atoms with Crippen LogP contribution in [0.3, 0.4) is 0 Å². The molecule has 0 aromatic rings. The van der Waals surface area contributed by atoms with Gasteiger partial charge in [-0.1, -0.05) is 0 Å². The maximum absolute atomic E-state index is 8.06. The molecule has 1 nitrogen and oxygen atoms in total. The van der Waals surface area contributed by atoms with Crippen molar-refractivity contribution in [1.29, 1.82) is 0 Å². The first kappa shape index (κ1) is 18.9. The van der Waals surface area contributed by atoms with Gasteiger partial charge in [0.05, 0.1) is 0 Å². The Kier molecular flexibility index (Phi) is 140. The third-order valence-corrected chi connectivity index (χ3v) is 0. The van der Waals surface area contributed by atoms with Crippen LogP contribution in [0.4, 0.5) is 0 Å². The minimum absolute atomic E-state index is 0. The quantitative estimate of drug-likeness (QED) is 0.551. The van der Waals surface area contributed by atoms with Crippen molar-refractivity contribution in [2.75, 3.05) is 0 Å². The second-order valence-corrected chi connectivity index (χ2v) is 0. The van der Waals surface area contributed by atoms with E-state index in [-0.39, 0.29) is 37.8 Å². The van der Waals surface area contributed by atoms with Crippen LogP contribution in [0.2, 0.25) is 0 Å². The molecule has 0 aromatic carbocycles. The Bertz CT molecular complexity index is 8.00. The van der Waals surface area contributed by atoms with Crippen LogP contribution in [-0.4, -0.2) is 10.1 Å². The first-order valence-electron chi connectivity index (χ1n) is 0.204. The zero-order valence-electron chi connectivity index (χ0n) is 1.56. The molecule has 0 aromatic heterocycles. The summed E-state index contributed by atoms with van der Waals surface area (Å²) in [5, 5.41) is 0. The predicted octanol–water partition coefficient (Wildman–Crippen LogP) is -0.505. The fourth-order valence-corrected chi connectivity index (χ4v) is 0. The van der Waals surface area contributed by atoms with E-state index in [1.807, 2.05) is 0 Å². The molecule has 0 amide bonds. The molecule has 0 spiro atoms. The number of rotatable bonds is 0. The van der Waals surface area contributed by atoms with Crippen molar-refractivity contribution in [2.45, 2.75) is 0 Å². The smallest absolute Gasteiger partial charge is 0.381 e. The fourth-order valence-electron chi connectivity index (χ4n) is 0. The molecular formula is CoOPtSi. The summed E-state index contributed by atoms with van der Waals surface area (Å²) in [5.74, 6) is 0. The Morgan fingerprint density at radius 1 is 1.25 bits per heavy atom. The van der Waals surface area contributed by atoms with Gasteiger partial charge in [0, 0.05) is 37.8 Å². The Hall–Kier alpha value is 1.21. The summed E-state index contributed by atoms with van der Waals surface area (Å²) < 4.78 is 8.06. The van der Waals surface area contributed by atoms with Gasteiger partial charge in [-0.05, 0) is 0 Å². The van der Waals surface area contributed by atoms with Gasteiger partial charge in [0.25, 0.3) is 0 Å². The molecule has 3 radical (unpaired) electrons. The van der Waals surface area contributed by atoms with E-state index in [0.717, 1.165) is 0 Å². The molecule has 0 atom stereocenters. The maximum Gasteiger partial charge on any atom is 0.381 e. The van der Waals surface area contributed by atoms with Crippen LogP contribution in [0.25, 0.3) is 0 Å². The van der Waals surface area contributed by atoms with Crippen molar-refractivity contribution < 1.29 is 42.3 Å². The zero-order valence-corrected chi connectivity index (χ0v) is 5.87. The molecule has 29 valence electrons. The Morgan fingerprint density at radius 2 is 1.25 bits per heavy atom. The van der Waals surface area contributed by atoms with Gasteiger partial charge in [0.1, 0.15) is 0 Å². The van der Waals surface area contributed by atoms with Gasteiger partial charge in [0.2, 0.25) is 0 Å². The molecule has 0 unspecified atom stereocenters. The number of hydrogen-bond acceptors (Lipinski definition) is 1. The minimum atomic E-state index is 0. The van der Waals surface area contributed by atoms with Gasteiger partial charge in [0.15, 0.2) is 0 Å². The van der Waals surface area contributed by atoms with Crippen molar-refractivity contribution in [3.05, 3.63) is 0 Å². The van der Waals surface area contributed by atoms with Crippen LogP contribution in [-0.2, 0) is 42.3 Å². The molecule has 0 rings (SSSR count). The van der Waals surface area contributed by atoms with E-state index in [9.17, 15) is 0 Å². The summed E-state index contributed by atoms with van der Waals surface area (Å²) in [7, 11) is 1.72. The molecule has 0 fully saturated rings. The Morgan fingerprint density at radius 3 is 1.25 bits per heavy atom. The molecule has 4 heavy (non-hydrogen) atoms. The van der Waals surface area contributed by atoms with Gasteiger partial charge in [-0.15, -0.1) is 0 Å². The second kappa shape index (κ2) is 29.6. The van der Waals surface area contributed by atoms with Gasteiger partial charge in [-0.3, -0.25) is 0 Å². The van der Waals surface area contributed by atoms with E-state index >= 15 is 0 Å². The van der Waals surface area contributed by atoms with Crippen LogP contribution in [0.5, 0.6) is 0 Å². The monoisotopic (exact) mass is 298 g/mol. The summed E-state index contributed by atoms with van der Waals surface area (Å²) >= 11 is 0. The van der Waals surface area contributed by atoms with Crippen LogP contribution in [0.15, 0.2) is 0 Å². The van der Waals surface area contributed by atoms with E-state index in [1.165, 1.54) is 0 Å². The summed E-state index contributed by atoms with van der Waals surface area (Å²) in [5.41, 5.74) is 0. The predicted molar refractivity (Wildman–Crippen MR) is 6.44 cm³/mol. The molecular weight excluding hydrogens is 298 g/mol. The van der Waals surface area contributed by atoms with E-state index in [1.54, 1.807) is 10.1 Å². The van der Waals surface area contributed by atoms with Crippen LogP contribution in [0.1, 0.15) is 0 Å². The van der Waals surface area contributed by atoms with Crippen molar-refractivity contribution in [1.82, 2.24) is 0 Å². The van der Waals surface area contributed by atoms with Crippen molar-refractivity contribution in [3.63, 3.8) is 0 Å². The van der Waals surface area contributed by atoms with Gasteiger partial charge >= 0.3 is 10.1 Å². The molecule has 0 saturated carbocycles. The molecule has 0 saturated heterocycles. The summed E-state index contributed by atoms with van der Waals surface area (Å²) in [6.45, 7) is 0. The van der Waals surface area contributed by atoms with Gasteiger partial charge < -0.3 is 4.46 Å². The SMILES string of the molecule is O=[Si].[Co].[Pt]. The maximum atomic E-state index is 8.06. The third-order valence-electron chi connectivity index (χ3n) is 0. The minimum Gasteiger partial charge on any atom is -0.381 e. The van der Waals surface area contributed by atoms with Gasteiger partial charge in [-0.25, -0.2) is 0 Å². The first-order chi connectivity index (χ1) is 1.00. The molecule has 0 aliphatic carbocycles. The average Bonchev–Trinajstić information content (AvgIpc) is 1.00. The van der Waals surface area contributed by atoms with E-state index in [0.29, 0.717) is 0 Å². The van der Waals surface area contributed by atoms with Crippen molar-refractivity contribution in [3.8, 4) is 0 Å². The largest absolute Gasteiger partial charge is 0.381 e. The van der Waals surface area contributed by atoms with E-state index in [4.69, 9.17) is 4.46 Å². The van der Waals surface area contributed by atoms with Crippen LogP contribution in [0, 0.1) is 0 Å². The summed E-state index contributed by atoms with van der Waals surface area (Å²) in [6, 6.07) is 0. The second-order valence-electron chi connectivity index (χ2n) is 0. The average molecular weight is 298 g/mol. The molecule has 0 aliphatic heterocycles. The third kappa shape index (κ3) is 10.7. The molecule has 4 heteroatoms. The normalized spacial score (nSPS) is 1.00. The van der Waals surface area contributed by atoms with E-state index in [2.05, 4.69) is 0 Å². The zero-order chi connectivity index (χ0) is 2.00. The summed E-state index contributed by atoms with van der Waals surface area (Å²) in [6.07, 6.45) is 0. The molecule has 0 heterocycles. The number of hydrogen-bond donors (Lipinski definition) is 0. The fraction of sp³-hybridized carbons (Fsp3) is 0. The van der Waals surface area contributed by atoms with Crippen molar-refractivity contribution in [2.24, 2.45) is 0 Å². The Balaban J connectivity index is -0.00000000500. The van der Waals surface area contributed by atoms with E-state index < -0.39 is 0 Å². The van der Waals surface area contributed by atoms with Gasteiger partial charge in [-0.2, -0.15) is 0 Å². The topological polar surface area (TPSA) is 17.1 Å². The molecule has 0 aliphatic rings. The van der Waals surface area contributed by atoms with Crippen LogP contribution >= 0.6 is 0 Å². The first-order valence-corrected chi connectivity index (χ1v) is 0.612. The molecule has 0 bridgehead atoms.